The highest BCUT2D eigenvalue weighted by Crippen LogP contribution is 2.68. The van der Waals surface area contributed by atoms with E-state index in [1.807, 2.05) is 0 Å². The molecule has 1 aromatic rings. The van der Waals surface area contributed by atoms with Crippen LogP contribution in [-0.4, -0.2) is 22.0 Å². The molecule has 20 heavy (non-hydrogen) atoms. The zero-order chi connectivity index (χ0) is 15.1. The van der Waals surface area contributed by atoms with E-state index in [1.54, 1.807) is 12.1 Å². The van der Waals surface area contributed by atoms with Gasteiger partial charge in [0.05, 0.1) is 24.0 Å². The number of nitrogens with zero attached hydrogens (tertiary/aromatic N) is 1. The summed E-state index contributed by atoms with van der Waals surface area (Å²) in [4.78, 5) is 26.8. The quantitative estimate of drug-likeness (QED) is 0.884. The number of nitrogens with one attached hydrogen (secondary N) is 1. The fourth-order valence-electron chi connectivity index (χ4n) is 2.82. The maximum atomic E-state index is 12.2. The van der Waals surface area contributed by atoms with E-state index >= 15 is 0 Å². The number of rotatable bonds is 4. The third kappa shape index (κ3) is 2.40. The molecule has 0 unspecified atom stereocenters. The Morgan fingerprint density at radius 3 is 2.25 bits per heavy atom. The maximum Gasteiger partial charge on any atom is 0.309 e. The Hall–Kier alpha value is -1.91. The van der Waals surface area contributed by atoms with E-state index in [9.17, 15) is 9.59 Å². The second kappa shape index (κ2) is 4.58. The van der Waals surface area contributed by atoms with Crippen LogP contribution >= 0.6 is 0 Å². The first-order chi connectivity index (χ1) is 9.16. The second-order valence-corrected chi connectivity index (χ2v) is 6.47. The maximum absolute atomic E-state index is 12.2. The van der Waals surface area contributed by atoms with Crippen molar-refractivity contribution in [1.29, 1.82) is 0 Å². The molecule has 0 aromatic carbocycles. The Labute approximate surface area is 118 Å². The van der Waals surface area contributed by atoms with Crippen LogP contribution in [0.2, 0.25) is 0 Å². The molecule has 0 bridgehead atoms. The van der Waals surface area contributed by atoms with Gasteiger partial charge in [-0.05, 0) is 23.0 Å². The van der Waals surface area contributed by atoms with Gasteiger partial charge in [-0.25, -0.2) is 0 Å². The van der Waals surface area contributed by atoms with E-state index in [0.717, 1.165) is 0 Å². The van der Waals surface area contributed by atoms with Crippen LogP contribution in [0.4, 0.5) is 5.69 Å². The first-order valence-corrected chi connectivity index (χ1v) is 6.64. The van der Waals surface area contributed by atoms with Gasteiger partial charge in [-0.2, -0.15) is 0 Å². The van der Waals surface area contributed by atoms with Crippen molar-refractivity contribution in [3.8, 4) is 0 Å². The van der Waals surface area contributed by atoms with Crippen molar-refractivity contribution < 1.29 is 14.7 Å². The normalized spacial score (nSPS) is 19.4. The first-order valence-electron chi connectivity index (χ1n) is 6.64. The Morgan fingerprint density at radius 2 is 1.85 bits per heavy atom. The predicted molar refractivity (Wildman–Crippen MR) is 75.3 cm³/mol. The summed E-state index contributed by atoms with van der Waals surface area (Å²) in [7, 11) is 0. The third-order valence-electron chi connectivity index (χ3n) is 4.71. The highest BCUT2D eigenvalue weighted by molar-refractivity contribution is 5.96. The molecule has 0 saturated heterocycles. The molecule has 5 nitrogen and oxygen atoms in total. The molecular weight excluding hydrogens is 256 g/mol. The number of carboxylic acids is 1. The lowest BCUT2D eigenvalue weighted by atomic mass is 10.0. The summed E-state index contributed by atoms with van der Waals surface area (Å²) in [6.45, 7) is 8.35. The van der Waals surface area contributed by atoms with Crippen LogP contribution < -0.4 is 5.32 Å². The smallest absolute Gasteiger partial charge is 0.309 e. The zero-order valence-electron chi connectivity index (χ0n) is 12.2. The van der Waals surface area contributed by atoms with Crippen LogP contribution in [0, 0.1) is 16.7 Å². The van der Waals surface area contributed by atoms with Gasteiger partial charge in [-0.1, -0.05) is 27.7 Å². The minimum Gasteiger partial charge on any atom is -0.481 e. The predicted octanol–water partition coefficient (Wildman–Crippen LogP) is 2.33. The Kier molecular flexibility index (Phi) is 3.32. The number of carboxylic acid groups (broad SMARTS) is 1. The standard InChI is InChI=1S/C15H20N2O3/c1-14(2)12(15(14,3)4)13(20)17-10-6-5-9(16-8-10)7-11(18)19/h5-6,8,12H,7H2,1-4H3,(H,17,20)(H,18,19). The number of carbonyl (C=O) groups excluding carboxylic acids is 1. The van der Waals surface area contributed by atoms with Crippen molar-refractivity contribution in [2.75, 3.05) is 5.32 Å². The molecule has 2 rings (SSSR count). The van der Waals surface area contributed by atoms with E-state index < -0.39 is 5.97 Å². The molecule has 0 atom stereocenters. The SMILES string of the molecule is CC1(C)C(C(=O)Nc2ccc(CC(=O)O)nc2)C1(C)C. The van der Waals surface area contributed by atoms with Gasteiger partial charge in [0.2, 0.25) is 5.91 Å². The largest absolute Gasteiger partial charge is 0.481 e. The van der Waals surface area contributed by atoms with E-state index in [4.69, 9.17) is 5.11 Å². The lowest BCUT2D eigenvalue weighted by Crippen LogP contribution is -2.17. The molecule has 1 heterocycles. The Balaban J connectivity index is 2.01. The minimum absolute atomic E-state index is 0.00619. The van der Waals surface area contributed by atoms with Crippen molar-refractivity contribution >= 4 is 17.6 Å². The van der Waals surface area contributed by atoms with Gasteiger partial charge < -0.3 is 10.4 Å². The van der Waals surface area contributed by atoms with Crippen LogP contribution in [-0.2, 0) is 16.0 Å². The highest BCUT2D eigenvalue weighted by atomic mass is 16.4. The molecule has 0 radical (unpaired) electrons. The molecule has 1 amide bonds. The summed E-state index contributed by atoms with van der Waals surface area (Å²) >= 11 is 0. The van der Waals surface area contributed by atoms with Gasteiger partial charge in [0.25, 0.3) is 0 Å². The van der Waals surface area contributed by atoms with E-state index in [1.165, 1.54) is 6.20 Å². The number of anilines is 1. The topological polar surface area (TPSA) is 79.3 Å². The van der Waals surface area contributed by atoms with Gasteiger partial charge in [-0.3, -0.25) is 14.6 Å². The average molecular weight is 276 g/mol. The van der Waals surface area contributed by atoms with Crippen molar-refractivity contribution in [3.63, 3.8) is 0 Å². The molecule has 0 spiro atoms. The molecule has 1 fully saturated rings. The van der Waals surface area contributed by atoms with Gasteiger partial charge in [0, 0.05) is 5.92 Å². The van der Waals surface area contributed by atoms with Crippen LogP contribution in [0.3, 0.4) is 0 Å². The second-order valence-electron chi connectivity index (χ2n) is 6.47. The first kappa shape index (κ1) is 14.5. The minimum atomic E-state index is -0.921. The van der Waals surface area contributed by atoms with E-state index in [0.29, 0.717) is 11.4 Å². The highest BCUT2D eigenvalue weighted by Gasteiger charge is 2.68. The summed E-state index contributed by atoms with van der Waals surface area (Å²) in [6.07, 6.45) is 1.38. The van der Waals surface area contributed by atoms with E-state index in [-0.39, 0.29) is 29.1 Å². The van der Waals surface area contributed by atoms with Gasteiger partial charge in [0.1, 0.15) is 0 Å². The van der Waals surface area contributed by atoms with Crippen molar-refractivity contribution in [2.24, 2.45) is 16.7 Å². The summed E-state index contributed by atoms with van der Waals surface area (Å²) in [6, 6.07) is 3.30. The van der Waals surface area contributed by atoms with Crippen molar-refractivity contribution in [3.05, 3.63) is 24.0 Å². The van der Waals surface area contributed by atoms with E-state index in [2.05, 4.69) is 38.0 Å². The van der Waals surface area contributed by atoms with Gasteiger partial charge >= 0.3 is 5.97 Å². The molecule has 108 valence electrons. The monoisotopic (exact) mass is 276 g/mol. The molecule has 1 aliphatic rings. The number of aromatic nitrogens is 1. The zero-order valence-corrected chi connectivity index (χ0v) is 12.2. The number of hydrogen-bond acceptors (Lipinski definition) is 3. The van der Waals surface area contributed by atoms with Gasteiger partial charge in [0.15, 0.2) is 0 Å². The average Bonchev–Trinajstić information content (AvgIpc) is 2.71. The Bertz CT molecular complexity index is 533. The number of aliphatic carboxylic acids is 1. The summed E-state index contributed by atoms with van der Waals surface area (Å²) in [5.74, 6) is -0.947. The molecule has 1 aromatic heterocycles. The molecular formula is C15H20N2O3. The number of pyridine rings is 1. The molecule has 0 aliphatic heterocycles. The molecule has 2 N–H and O–H groups in total. The van der Waals surface area contributed by atoms with Crippen molar-refractivity contribution in [2.45, 2.75) is 34.1 Å². The Morgan fingerprint density at radius 1 is 1.25 bits per heavy atom. The number of amides is 1. The van der Waals surface area contributed by atoms with Gasteiger partial charge in [-0.15, -0.1) is 0 Å². The van der Waals surface area contributed by atoms with Crippen LogP contribution in [0.25, 0.3) is 0 Å². The van der Waals surface area contributed by atoms with Crippen LogP contribution in [0.15, 0.2) is 18.3 Å². The third-order valence-corrected chi connectivity index (χ3v) is 4.71. The number of carbonyl (C=O) groups is 2. The molecule has 5 heteroatoms. The molecule has 1 aliphatic carbocycles. The van der Waals surface area contributed by atoms with Crippen LogP contribution in [0.5, 0.6) is 0 Å². The summed E-state index contributed by atoms with van der Waals surface area (Å²) in [5, 5.41) is 11.5. The summed E-state index contributed by atoms with van der Waals surface area (Å²) < 4.78 is 0. The molecule has 1 saturated carbocycles. The summed E-state index contributed by atoms with van der Waals surface area (Å²) in [5.41, 5.74) is 1.06. The van der Waals surface area contributed by atoms with Crippen molar-refractivity contribution in [1.82, 2.24) is 4.98 Å². The lowest BCUT2D eigenvalue weighted by Gasteiger charge is -2.06. The fourth-order valence-corrected chi connectivity index (χ4v) is 2.82. The lowest BCUT2D eigenvalue weighted by molar-refractivity contribution is -0.136. The fraction of sp³-hybridized carbons (Fsp3) is 0.533. The van der Waals surface area contributed by atoms with Crippen LogP contribution in [0.1, 0.15) is 33.4 Å². The number of hydrogen-bond donors (Lipinski definition) is 2.